The summed E-state index contributed by atoms with van der Waals surface area (Å²) in [5.74, 6) is -0.737. The molecule has 0 fully saturated rings. The van der Waals surface area contributed by atoms with Crippen LogP contribution in [0.25, 0.3) is 0 Å². The van der Waals surface area contributed by atoms with Gasteiger partial charge in [0, 0.05) is 30.8 Å². The van der Waals surface area contributed by atoms with Gasteiger partial charge in [0.15, 0.2) is 0 Å². The predicted octanol–water partition coefficient (Wildman–Crippen LogP) is 3.23. The van der Waals surface area contributed by atoms with Crippen molar-refractivity contribution in [2.45, 2.75) is 19.5 Å². The Hall–Kier alpha value is -1.98. The van der Waals surface area contributed by atoms with Gasteiger partial charge in [-0.1, -0.05) is 12.1 Å². The Labute approximate surface area is 122 Å². The lowest BCUT2D eigenvalue weighted by Gasteiger charge is -2.11. The van der Waals surface area contributed by atoms with E-state index in [1.165, 1.54) is 0 Å². The summed E-state index contributed by atoms with van der Waals surface area (Å²) in [4.78, 5) is 0. The van der Waals surface area contributed by atoms with Crippen molar-refractivity contribution in [1.82, 2.24) is 5.32 Å². The van der Waals surface area contributed by atoms with Crippen LogP contribution >= 0.6 is 0 Å². The molecule has 0 saturated carbocycles. The van der Waals surface area contributed by atoms with Gasteiger partial charge in [-0.2, -0.15) is 0 Å². The number of aliphatic hydroxyl groups excluding tert-OH is 1. The van der Waals surface area contributed by atoms with Crippen molar-refractivity contribution in [3.8, 4) is 11.5 Å². The second-order valence-electron chi connectivity index (χ2n) is 4.82. The Balaban J connectivity index is 1.98. The largest absolute Gasteiger partial charge is 0.457 e. The minimum absolute atomic E-state index is 0.0243. The molecule has 2 aromatic rings. The second kappa shape index (κ2) is 7.15. The number of hydrogen-bond donors (Lipinski definition) is 2. The molecule has 0 heterocycles. The van der Waals surface area contributed by atoms with E-state index in [1.54, 1.807) is 12.1 Å². The summed E-state index contributed by atoms with van der Waals surface area (Å²) >= 11 is 0. The average Bonchev–Trinajstić information content (AvgIpc) is 2.45. The predicted molar refractivity (Wildman–Crippen MR) is 76.3 cm³/mol. The molecule has 2 N–H and O–H groups in total. The van der Waals surface area contributed by atoms with Crippen LogP contribution in [0.5, 0.6) is 11.5 Å². The average molecular weight is 293 g/mol. The monoisotopic (exact) mass is 293 g/mol. The SMILES string of the molecule is C[C@H](CO)NCc1ccc(Oc2cc(F)cc(F)c2)cc1. The fraction of sp³-hybridized carbons (Fsp3) is 0.250. The molecule has 3 nitrogen and oxygen atoms in total. The Kier molecular flexibility index (Phi) is 5.25. The third-order valence-electron chi connectivity index (χ3n) is 2.92. The number of nitrogens with one attached hydrogen (secondary N) is 1. The van der Waals surface area contributed by atoms with Crippen LogP contribution in [-0.4, -0.2) is 17.8 Å². The van der Waals surface area contributed by atoms with Crippen LogP contribution in [0, 0.1) is 11.6 Å². The molecule has 2 aromatic carbocycles. The summed E-state index contributed by atoms with van der Waals surface area (Å²) in [5, 5.41) is 12.1. The van der Waals surface area contributed by atoms with Gasteiger partial charge < -0.3 is 15.2 Å². The summed E-state index contributed by atoms with van der Waals surface area (Å²) in [6.45, 7) is 2.58. The second-order valence-corrected chi connectivity index (χ2v) is 4.82. The van der Waals surface area contributed by atoms with Crippen LogP contribution in [0.1, 0.15) is 12.5 Å². The van der Waals surface area contributed by atoms with E-state index in [1.807, 2.05) is 19.1 Å². The van der Waals surface area contributed by atoms with Crippen molar-refractivity contribution in [2.24, 2.45) is 0 Å². The number of aliphatic hydroxyl groups is 1. The Bertz CT molecular complexity index is 567. The minimum atomic E-state index is -0.677. The highest BCUT2D eigenvalue weighted by molar-refractivity contribution is 5.33. The molecular formula is C16H17F2NO2. The van der Waals surface area contributed by atoms with Crippen LogP contribution in [0.2, 0.25) is 0 Å². The highest BCUT2D eigenvalue weighted by atomic mass is 19.1. The highest BCUT2D eigenvalue weighted by Gasteiger charge is 2.04. The van der Waals surface area contributed by atoms with Gasteiger partial charge in [0.1, 0.15) is 23.1 Å². The molecule has 112 valence electrons. The molecule has 0 amide bonds. The van der Waals surface area contributed by atoms with Crippen LogP contribution in [0.4, 0.5) is 8.78 Å². The smallest absolute Gasteiger partial charge is 0.133 e. The first-order valence-corrected chi connectivity index (χ1v) is 6.64. The lowest BCUT2D eigenvalue weighted by atomic mass is 10.2. The third-order valence-corrected chi connectivity index (χ3v) is 2.92. The molecule has 0 bridgehead atoms. The van der Waals surface area contributed by atoms with Gasteiger partial charge in [-0.15, -0.1) is 0 Å². The third kappa shape index (κ3) is 4.81. The van der Waals surface area contributed by atoms with Crippen LogP contribution in [0.15, 0.2) is 42.5 Å². The van der Waals surface area contributed by atoms with E-state index in [0.717, 1.165) is 23.8 Å². The first kappa shape index (κ1) is 15.4. The standard InChI is InChI=1S/C16H17F2NO2/c1-11(10-20)19-9-12-2-4-15(5-3-12)21-16-7-13(17)6-14(18)8-16/h2-8,11,19-20H,9-10H2,1H3/t11-/m1/s1. The van der Waals surface area contributed by atoms with Gasteiger partial charge in [-0.25, -0.2) is 8.78 Å². The van der Waals surface area contributed by atoms with Crippen molar-refractivity contribution in [3.05, 3.63) is 59.7 Å². The molecular weight excluding hydrogens is 276 g/mol. The first-order valence-electron chi connectivity index (χ1n) is 6.64. The molecule has 0 radical (unpaired) electrons. The Morgan fingerprint density at radius 1 is 1.05 bits per heavy atom. The van der Waals surface area contributed by atoms with Crippen molar-refractivity contribution in [3.63, 3.8) is 0 Å². The maximum Gasteiger partial charge on any atom is 0.133 e. The maximum atomic E-state index is 13.1. The van der Waals surface area contributed by atoms with E-state index in [0.29, 0.717) is 12.3 Å². The first-order chi connectivity index (χ1) is 10.1. The Morgan fingerprint density at radius 2 is 1.67 bits per heavy atom. The van der Waals surface area contributed by atoms with E-state index < -0.39 is 11.6 Å². The molecule has 0 spiro atoms. The number of benzene rings is 2. The molecule has 0 aliphatic rings. The number of ether oxygens (including phenoxy) is 1. The molecule has 0 aromatic heterocycles. The fourth-order valence-electron chi connectivity index (χ4n) is 1.76. The molecule has 1 atom stereocenters. The van der Waals surface area contributed by atoms with Crippen LogP contribution < -0.4 is 10.1 Å². The zero-order valence-corrected chi connectivity index (χ0v) is 11.6. The van der Waals surface area contributed by atoms with Crippen LogP contribution in [-0.2, 0) is 6.54 Å². The number of halogens is 2. The Morgan fingerprint density at radius 3 is 2.24 bits per heavy atom. The highest BCUT2D eigenvalue weighted by Crippen LogP contribution is 2.23. The van der Waals surface area contributed by atoms with Crippen molar-refractivity contribution in [1.29, 1.82) is 0 Å². The van der Waals surface area contributed by atoms with Crippen molar-refractivity contribution in [2.75, 3.05) is 6.61 Å². The molecule has 0 aliphatic carbocycles. The molecule has 0 aliphatic heterocycles. The molecule has 2 rings (SSSR count). The zero-order valence-electron chi connectivity index (χ0n) is 11.6. The molecule has 0 unspecified atom stereocenters. The normalized spacial score (nSPS) is 12.2. The topological polar surface area (TPSA) is 41.5 Å². The van der Waals surface area contributed by atoms with E-state index in [-0.39, 0.29) is 18.4 Å². The number of hydrogen-bond acceptors (Lipinski definition) is 3. The van der Waals surface area contributed by atoms with Gasteiger partial charge >= 0.3 is 0 Å². The minimum Gasteiger partial charge on any atom is -0.457 e. The molecule has 21 heavy (non-hydrogen) atoms. The van der Waals surface area contributed by atoms with Crippen molar-refractivity contribution < 1.29 is 18.6 Å². The summed E-state index contributed by atoms with van der Waals surface area (Å²) in [5.41, 5.74) is 1.02. The van der Waals surface area contributed by atoms with E-state index in [2.05, 4.69) is 5.32 Å². The van der Waals surface area contributed by atoms with E-state index >= 15 is 0 Å². The quantitative estimate of drug-likeness (QED) is 0.859. The van der Waals surface area contributed by atoms with E-state index in [4.69, 9.17) is 9.84 Å². The summed E-state index contributed by atoms with van der Waals surface area (Å²) in [6.07, 6.45) is 0. The maximum absolute atomic E-state index is 13.1. The zero-order chi connectivity index (χ0) is 15.2. The lowest BCUT2D eigenvalue weighted by molar-refractivity contribution is 0.251. The molecule has 0 saturated heterocycles. The van der Waals surface area contributed by atoms with Gasteiger partial charge in [0.25, 0.3) is 0 Å². The summed E-state index contributed by atoms with van der Waals surface area (Å²) in [6, 6.07) is 10.2. The fourth-order valence-corrected chi connectivity index (χ4v) is 1.76. The van der Waals surface area contributed by atoms with Gasteiger partial charge in [0.05, 0.1) is 6.61 Å². The van der Waals surface area contributed by atoms with Gasteiger partial charge in [0.2, 0.25) is 0 Å². The van der Waals surface area contributed by atoms with Gasteiger partial charge in [-0.05, 0) is 24.6 Å². The van der Waals surface area contributed by atoms with E-state index in [9.17, 15) is 8.78 Å². The lowest BCUT2D eigenvalue weighted by Crippen LogP contribution is -2.28. The van der Waals surface area contributed by atoms with Crippen LogP contribution in [0.3, 0.4) is 0 Å². The summed E-state index contributed by atoms with van der Waals surface area (Å²) in [7, 11) is 0. The summed E-state index contributed by atoms with van der Waals surface area (Å²) < 4.78 is 31.5. The molecule has 5 heteroatoms. The van der Waals surface area contributed by atoms with Gasteiger partial charge in [-0.3, -0.25) is 0 Å². The number of rotatable bonds is 6. The van der Waals surface area contributed by atoms with Crippen molar-refractivity contribution >= 4 is 0 Å².